The summed E-state index contributed by atoms with van der Waals surface area (Å²) in [7, 11) is 2.07. The molecule has 22 heavy (non-hydrogen) atoms. The number of amides is 1. The molecule has 0 radical (unpaired) electrons. The van der Waals surface area contributed by atoms with E-state index in [2.05, 4.69) is 21.9 Å². The van der Waals surface area contributed by atoms with Crippen LogP contribution in [-0.4, -0.2) is 53.7 Å². The molecule has 2 aromatic heterocycles. The van der Waals surface area contributed by atoms with Crippen molar-refractivity contribution in [2.75, 3.05) is 31.6 Å². The van der Waals surface area contributed by atoms with Crippen LogP contribution in [0, 0.1) is 0 Å². The van der Waals surface area contributed by atoms with E-state index in [1.807, 2.05) is 19.1 Å². The molecule has 1 aliphatic rings. The fraction of sp³-hybridized carbons (Fsp3) is 0.533. The molecule has 118 valence electrons. The van der Waals surface area contributed by atoms with Gasteiger partial charge in [-0.1, -0.05) is 11.3 Å². The largest absolute Gasteiger partial charge is 0.450 e. The van der Waals surface area contributed by atoms with Gasteiger partial charge in [0, 0.05) is 32.4 Å². The van der Waals surface area contributed by atoms with Gasteiger partial charge in [-0.15, -0.1) is 0 Å². The number of nitrogens with zero attached hydrogens (tertiary/aromatic N) is 4. The quantitative estimate of drug-likeness (QED) is 0.870. The molecule has 0 saturated carbocycles. The van der Waals surface area contributed by atoms with Crippen molar-refractivity contribution in [1.29, 1.82) is 0 Å². The highest BCUT2D eigenvalue weighted by Gasteiger charge is 2.27. The molecular formula is C15H20N4O2S. The summed E-state index contributed by atoms with van der Waals surface area (Å²) in [6, 6.07) is 4.29. The minimum Gasteiger partial charge on any atom is -0.450 e. The SMILES string of the molecule is CCOC(=O)N1CCC(N(C)c2nc3cccnc3s2)CC1. The number of likely N-dealkylation sites (tertiary alicyclic amines) is 1. The van der Waals surface area contributed by atoms with E-state index in [1.165, 1.54) is 0 Å². The molecule has 1 saturated heterocycles. The van der Waals surface area contributed by atoms with Gasteiger partial charge >= 0.3 is 6.09 Å². The van der Waals surface area contributed by atoms with Gasteiger partial charge in [0.15, 0.2) is 5.13 Å². The Morgan fingerprint density at radius 3 is 2.95 bits per heavy atom. The number of carbonyl (C=O) groups is 1. The Hall–Kier alpha value is -1.89. The second kappa shape index (κ2) is 6.48. The number of hydrogen-bond donors (Lipinski definition) is 0. The first-order valence-corrected chi connectivity index (χ1v) is 8.36. The molecule has 0 spiro atoms. The van der Waals surface area contributed by atoms with E-state index < -0.39 is 0 Å². The van der Waals surface area contributed by atoms with Crippen molar-refractivity contribution < 1.29 is 9.53 Å². The van der Waals surface area contributed by atoms with Gasteiger partial charge in [0.1, 0.15) is 10.3 Å². The first-order valence-electron chi connectivity index (χ1n) is 7.55. The van der Waals surface area contributed by atoms with Gasteiger partial charge in [-0.05, 0) is 31.9 Å². The monoisotopic (exact) mass is 320 g/mol. The number of anilines is 1. The van der Waals surface area contributed by atoms with Crippen LogP contribution in [0.3, 0.4) is 0 Å². The lowest BCUT2D eigenvalue weighted by atomic mass is 10.0. The number of hydrogen-bond acceptors (Lipinski definition) is 6. The van der Waals surface area contributed by atoms with Crippen molar-refractivity contribution in [3.05, 3.63) is 18.3 Å². The fourth-order valence-corrected chi connectivity index (χ4v) is 3.66. The Labute approximate surface area is 133 Å². The van der Waals surface area contributed by atoms with Gasteiger partial charge in [-0.25, -0.2) is 14.8 Å². The van der Waals surface area contributed by atoms with Gasteiger partial charge in [0.25, 0.3) is 0 Å². The van der Waals surface area contributed by atoms with E-state index in [-0.39, 0.29) is 6.09 Å². The minimum atomic E-state index is -0.201. The molecule has 0 aliphatic carbocycles. The third-order valence-electron chi connectivity index (χ3n) is 4.00. The summed E-state index contributed by atoms with van der Waals surface area (Å²) in [5.41, 5.74) is 0.943. The molecule has 1 amide bonds. The third-order valence-corrected chi connectivity index (χ3v) is 5.06. The molecule has 2 aromatic rings. The highest BCUT2D eigenvalue weighted by Crippen LogP contribution is 2.29. The van der Waals surface area contributed by atoms with Crippen LogP contribution in [0.15, 0.2) is 18.3 Å². The van der Waals surface area contributed by atoms with E-state index >= 15 is 0 Å². The molecule has 3 heterocycles. The number of carbonyl (C=O) groups excluding carboxylic acids is 1. The molecule has 0 unspecified atom stereocenters. The molecule has 1 aliphatic heterocycles. The van der Waals surface area contributed by atoms with Crippen molar-refractivity contribution >= 4 is 32.9 Å². The van der Waals surface area contributed by atoms with Gasteiger partial charge in [0.2, 0.25) is 0 Å². The zero-order valence-corrected chi connectivity index (χ0v) is 13.7. The van der Waals surface area contributed by atoms with Crippen LogP contribution >= 0.6 is 11.3 Å². The molecular weight excluding hydrogens is 300 g/mol. The van der Waals surface area contributed by atoms with Crippen LogP contribution in [0.2, 0.25) is 0 Å². The van der Waals surface area contributed by atoms with E-state index in [0.29, 0.717) is 12.6 Å². The van der Waals surface area contributed by atoms with Crippen molar-refractivity contribution in [2.45, 2.75) is 25.8 Å². The first kappa shape index (κ1) is 15.0. The molecule has 1 fully saturated rings. The summed E-state index contributed by atoms with van der Waals surface area (Å²) in [5, 5.41) is 0.989. The van der Waals surface area contributed by atoms with Gasteiger partial charge in [-0.3, -0.25) is 0 Å². The topological polar surface area (TPSA) is 58.6 Å². The summed E-state index contributed by atoms with van der Waals surface area (Å²) >= 11 is 1.61. The Morgan fingerprint density at radius 1 is 1.50 bits per heavy atom. The number of piperidine rings is 1. The van der Waals surface area contributed by atoms with Crippen LogP contribution in [0.1, 0.15) is 19.8 Å². The highest BCUT2D eigenvalue weighted by molar-refractivity contribution is 7.21. The molecule has 6 nitrogen and oxygen atoms in total. The summed E-state index contributed by atoms with van der Waals surface area (Å²) in [5.74, 6) is 0. The molecule has 0 aromatic carbocycles. The Bertz CT molecular complexity index is 619. The zero-order chi connectivity index (χ0) is 15.5. The van der Waals surface area contributed by atoms with Crippen molar-refractivity contribution in [2.24, 2.45) is 0 Å². The lowest BCUT2D eigenvalue weighted by Gasteiger charge is -2.36. The Morgan fingerprint density at radius 2 is 2.27 bits per heavy atom. The normalized spacial score (nSPS) is 16.0. The molecule has 0 atom stereocenters. The van der Waals surface area contributed by atoms with Crippen LogP contribution < -0.4 is 4.90 Å². The lowest BCUT2D eigenvalue weighted by molar-refractivity contribution is 0.0971. The molecule has 3 rings (SSSR count). The second-order valence-corrected chi connectivity index (χ2v) is 6.31. The van der Waals surface area contributed by atoms with Crippen LogP contribution in [0.5, 0.6) is 0 Å². The van der Waals surface area contributed by atoms with Crippen LogP contribution in [0.25, 0.3) is 10.3 Å². The van der Waals surface area contributed by atoms with E-state index in [4.69, 9.17) is 4.74 Å². The lowest BCUT2D eigenvalue weighted by Crippen LogP contribution is -2.45. The number of fused-ring (bicyclic) bond motifs is 1. The van der Waals surface area contributed by atoms with Gasteiger partial charge in [0.05, 0.1) is 6.61 Å². The maximum absolute atomic E-state index is 11.7. The average molecular weight is 320 g/mol. The zero-order valence-electron chi connectivity index (χ0n) is 12.9. The van der Waals surface area contributed by atoms with E-state index in [9.17, 15) is 4.79 Å². The molecule has 0 bridgehead atoms. The predicted molar refractivity (Wildman–Crippen MR) is 87.4 cm³/mol. The maximum Gasteiger partial charge on any atom is 0.409 e. The Balaban J connectivity index is 1.64. The van der Waals surface area contributed by atoms with Crippen molar-refractivity contribution in [1.82, 2.24) is 14.9 Å². The highest BCUT2D eigenvalue weighted by atomic mass is 32.1. The number of thiazole rings is 1. The van der Waals surface area contributed by atoms with Crippen molar-refractivity contribution in [3.63, 3.8) is 0 Å². The summed E-state index contributed by atoms with van der Waals surface area (Å²) in [6.07, 6.45) is 3.45. The summed E-state index contributed by atoms with van der Waals surface area (Å²) in [4.78, 5) is 25.7. The second-order valence-electron chi connectivity index (χ2n) is 5.35. The first-order chi connectivity index (χ1) is 10.7. The fourth-order valence-electron chi connectivity index (χ4n) is 2.72. The van der Waals surface area contributed by atoms with Crippen LogP contribution in [-0.2, 0) is 4.74 Å². The van der Waals surface area contributed by atoms with Crippen LogP contribution in [0.4, 0.5) is 9.93 Å². The Kier molecular flexibility index (Phi) is 4.42. The number of ether oxygens (including phenoxy) is 1. The third kappa shape index (κ3) is 2.99. The summed E-state index contributed by atoms with van der Waals surface area (Å²) < 4.78 is 5.06. The minimum absolute atomic E-state index is 0.201. The van der Waals surface area contributed by atoms with Gasteiger partial charge < -0.3 is 14.5 Å². The smallest absolute Gasteiger partial charge is 0.409 e. The van der Waals surface area contributed by atoms with E-state index in [1.54, 1.807) is 22.4 Å². The van der Waals surface area contributed by atoms with E-state index in [0.717, 1.165) is 41.4 Å². The summed E-state index contributed by atoms with van der Waals surface area (Å²) in [6.45, 7) is 3.73. The number of rotatable bonds is 3. The molecule has 7 heteroatoms. The molecule has 0 N–H and O–H groups in total. The van der Waals surface area contributed by atoms with Crippen molar-refractivity contribution in [3.8, 4) is 0 Å². The average Bonchev–Trinajstić information content (AvgIpc) is 2.98. The van der Waals surface area contributed by atoms with Gasteiger partial charge in [-0.2, -0.15) is 0 Å². The maximum atomic E-state index is 11.7. The predicted octanol–water partition coefficient (Wildman–Crippen LogP) is 2.75. The standard InChI is InChI=1S/C15H20N4O2S/c1-3-21-15(20)19-9-6-11(7-10-19)18(2)14-17-12-5-4-8-16-13(12)22-14/h4-5,8,11H,3,6-7,9-10H2,1-2H3. The number of aromatic nitrogens is 2. The number of pyridine rings is 1.